The molecule has 0 saturated carbocycles. The van der Waals surface area contributed by atoms with E-state index in [1.165, 1.54) is 11.1 Å². The molecule has 0 aromatic carbocycles. The molecule has 2 heterocycles. The molecule has 0 unspecified atom stereocenters. The predicted molar refractivity (Wildman–Crippen MR) is 83.0 cm³/mol. The van der Waals surface area contributed by atoms with E-state index in [9.17, 15) is 0 Å². The molecule has 5 heteroatoms. The number of rotatable bonds is 6. The molecule has 0 aliphatic rings. The van der Waals surface area contributed by atoms with E-state index < -0.39 is 0 Å². The Morgan fingerprint density at radius 3 is 2.70 bits per heavy atom. The first-order valence-electron chi connectivity index (χ1n) is 6.95. The molecule has 0 spiro atoms. The van der Waals surface area contributed by atoms with Crippen molar-refractivity contribution in [2.45, 2.75) is 43.8 Å². The van der Waals surface area contributed by atoms with Crippen molar-refractivity contribution in [1.82, 2.24) is 20.1 Å². The number of hydrogen-bond donors (Lipinski definition) is 1. The van der Waals surface area contributed by atoms with Gasteiger partial charge >= 0.3 is 0 Å². The average Bonchev–Trinajstić information content (AvgIpc) is 2.71. The molecule has 0 aliphatic carbocycles. The summed E-state index contributed by atoms with van der Waals surface area (Å²) in [6.45, 7) is 8.22. The van der Waals surface area contributed by atoms with Crippen LogP contribution < -0.4 is 5.32 Å². The fourth-order valence-corrected chi connectivity index (χ4v) is 2.94. The van der Waals surface area contributed by atoms with Gasteiger partial charge in [-0.2, -0.15) is 5.10 Å². The van der Waals surface area contributed by atoms with Crippen LogP contribution in [-0.2, 0) is 13.6 Å². The molecule has 0 aliphatic heterocycles. The Labute approximate surface area is 125 Å². The van der Waals surface area contributed by atoms with Crippen molar-refractivity contribution in [2.75, 3.05) is 6.54 Å². The molecule has 1 N–H and O–H groups in total. The number of nitrogens with zero attached hydrogens (tertiary/aromatic N) is 3. The van der Waals surface area contributed by atoms with Gasteiger partial charge in [0, 0.05) is 19.8 Å². The highest BCUT2D eigenvalue weighted by molar-refractivity contribution is 7.99. The summed E-state index contributed by atoms with van der Waals surface area (Å²) in [6, 6.07) is 4.30. The smallest absolute Gasteiger partial charge is 0.105 e. The van der Waals surface area contributed by atoms with Crippen molar-refractivity contribution >= 4 is 11.8 Å². The molecule has 0 atom stereocenters. The average molecular weight is 290 g/mol. The lowest BCUT2D eigenvalue weighted by Crippen LogP contribution is -2.14. The summed E-state index contributed by atoms with van der Waals surface area (Å²) in [5.41, 5.74) is 3.49. The van der Waals surface area contributed by atoms with Crippen molar-refractivity contribution < 1.29 is 0 Å². The highest BCUT2D eigenvalue weighted by atomic mass is 32.2. The van der Waals surface area contributed by atoms with Gasteiger partial charge in [-0.25, -0.2) is 4.98 Å². The van der Waals surface area contributed by atoms with Crippen LogP contribution in [0.2, 0.25) is 0 Å². The minimum absolute atomic E-state index is 0.886. The maximum absolute atomic E-state index is 4.58. The van der Waals surface area contributed by atoms with Crippen molar-refractivity contribution in [2.24, 2.45) is 7.05 Å². The zero-order valence-corrected chi connectivity index (χ0v) is 13.4. The maximum atomic E-state index is 4.58. The van der Waals surface area contributed by atoms with Gasteiger partial charge in [-0.05, 0) is 44.0 Å². The Morgan fingerprint density at radius 2 is 2.10 bits per heavy atom. The van der Waals surface area contributed by atoms with Crippen LogP contribution in [-0.4, -0.2) is 21.3 Å². The molecule has 0 bridgehead atoms. The molecule has 20 heavy (non-hydrogen) atoms. The third kappa shape index (κ3) is 3.84. The Kier molecular flexibility index (Phi) is 5.20. The monoisotopic (exact) mass is 290 g/mol. The van der Waals surface area contributed by atoms with Crippen molar-refractivity contribution in [3.05, 3.63) is 35.2 Å². The first-order chi connectivity index (χ1) is 9.60. The van der Waals surface area contributed by atoms with Crippen molar-refractivity contribution in [3.63, 3.8) is 0 Å². The minimum atomic E-state index is 0.886. The molecule has 2 rings (SSSR count). The second kappa shape index (κ2) is 6.90. The molecule has 0 amide bonds. The summed E-state index contributed by atoms with van der Waals surface area (Å²) in [4.78, 5) is 4.58. The highest BCUT2D eigenvalue weighted by Gasteiger charge is 2.08. The summed E-state index contributed by atoms with van der Waals surface area (Å²) >= 11 is 1.67. The molecular formula is C15H22N4S. The van der Waals surface area contributed by atoms with Gasteiger partial charge in [0.05, 0.1) is 5.69 Å². The van der Waals surface area contributed by atoms with Crippen LogP contribution in [0.1, 0.15) is 30.2 Å². The zero-order chi connectivity index (χ0) is 14.5. The van der Waals surface area contributed by atoms with Gasteiger partial charge in [-0.1, -0.05) is 24.8 Å². The molecule has 2 aromatic rings. The van der Waals surface area contributed by atoms with E-state index in [1.807, 2.05) is 24.9 Å². The van der Waals surface area contributed by atoms with Crippen molar-refractivity contribution in [1.29, 1.82) is 0 Å². The van der Waals surface area contributed by atoms with Crippen LogP contribution in [0.25, 0.3) is 0 Å². The third-order valence-electron chi connectivity index (χ3n) is 3.00. The zero-order valence-electron chi connectivity index (χ0n) is 12.6. The van der Waals surface area contributed by atoms with E-state index in [4.69, 9.17) is 0 Å². The summed E-state index contributed by atoms with van der Waals surface area (Å²) in [5, 5.41) is 9.93. The lowest BCUT2D eigenvalue weighted by Gasteiger charge is -2.08. The van der Waals surface area contributed by atoms with Crippen LogP contribution in [0.15, 0.2) is 28.4 Å². The molecule has 108 valence electrons. The Balaban J connectivity index is 2.07. The van der Waals surface area contributed by atoms with Gasteiger partial charge in [0.15, 0.2) is 0 Å². The first-order valence-corrected chi connectivity index (χ1v) is 7.76. The number of hydrogen-bond acceptors (Lipinski definition) is 4. The number of aryl methyl sites for hydroxylation is 3. The Bertz CT molecular complexity index is 577. The highest BCUT2D eigenvalue weighted by Crippen LogP contribution is 2.28. The fourth-order valence-electron chi connectivity index (χ4n) is 2.01. The maximum Gasteiger partial charge on any atom is 0.105 e. The van der Waals surface area contributed by atoms with Gasteiger partial charge in [0.25, 0.3) is 0 Å². The summed E-state index contributed by atoms with van der Waals surface area (Å²) in [7, 11) is 1.97. The lowest BCUT2D eigenvalue weighted by molar-refractivity contribution is 0.672. The van der Waals surface area contributed by atoms with E-state index in [0.717, 1.165) is 35.3 Å². The fraction of sp³-hybridized carbons (Fsp3) is 0.467. The molecular weight excluding hydrogens is 268 g/mol. The molecule has 4 nitrogen and oxygen atoms in total. The van der Waals surface area contributed by atoms with Crippen LogP contribution in [0, 0.1) is 13.8 Å². The van der Waals surface area contributed by atoms with E-state index in [-0.39, 0.29) is 0 Å². The lowest BCUT2D eigenvalue weighted by atomic mass is 10.2. The van der Waals surface area contributed by atoms with Crippen LogP contribution in [0.3, 0.4) is 0 Å². The molecule has 0 radical (unpaired) electrons. The predicted octanol–water partition coefficient (Wildman–Crippen LogP) is 3.08. The molecule has 0 saturated heterocycles. The van der Waals surface area contributed by atoms with Crippen LogP contribution in [0.4, 0.5) is 0 Å². The van der Waals surface area contributed by atoms with Gasteiger partial charge in [0.2, 0.25) is 0 Å². The van der Waals surface area contributed by atoms with Crippen LogP contribution in [0.5, 0.6) is 0 Å². The van der Waals surface area contributed by atoms with Gasteiger partial charge in [-0.15, -0.1) is 0 Å². The minimum Gasteiger partial charge on any atom is -0.313 e. The topological polar surface area (TPSA) is 42.7 Å². The molecule has 0 fully saturated rings. The van der Waals surface area contributed by atoms with Crippen molar-refractivity contribution in [3.8, 4) is 0 Å². The largest absolute Gasteiger partial charge is 0.313 e. The quantitative estimate of drug-likeness (QED) is 0.830. The number of aromatic nitrogens is 3. The Hall–Kier alpha value is -1.33. The van der Waals surface area contributed by atoms with E-state index in [0.29, 0.717) is 0 Å². The van der Waals surface area contributed by atoms with E-state index >= 15 is 0 Å². The van der Waals surface area contributed by atoms with Gasteiger partial charge < -0.3 is 5.32 Å². The summed E-state index contributed by atoms with van der Waals surface area (Å²) < 4.78 is 1.90. The SMILES string of the molecule is CCCNCc1cnc(Sc2cc(C)nn2C)c(C)c1. The second-order valence-corrected chi connectivity index (χ2v) is 6.00. The number of nitrogens with one attached hydrogen (secondary N) is 1. The van der Waals surface area contributed by atoms with Crippen LogP contribution >= 0.6 is 11.8 Å². The summed E-state index contributed by atoms with van der Waals surface area (Å²) in [5.74, 6) is 0. The first kappa shape index (κ1) is 15.1. The van der Waals surface area contributed by atoms with Gasteiger partial charge in [0.1, 0.15) is 10.1 Å². The van der Waals surface area contributed by atoms with Gasteiger partial charge in [-0.3, -0.25) is 4.68 Å². The van der Waals surface area contributed by atoms with E-state index in [2.05, 4.69) is 41.4 Å². The molecule has 2 aromatic heterocycles. The normalized spacial score (nSPS) is 11.0. The second-order valence-electron chi connectivity index (χ2n) is 4.99. The number of pyridine rings is 1. The Morgan fingerprint density at radius 1 is 1.30 bits per heavy atom. The van der Waals surface area contributed by atoms with E-state index in [1.54, 1.807) is 11.8 Å². The summed E-state index contributed by atoms with van der Waals surface area (Å²) in [6.07, 6.45) is 3.11. The third-order valence-corrected chi connectivity index (χ3v) is 4.22. The standard InChI is InChI=1S/C15H22N4S/c1-5-6-16-9-13-7-11(2)15(17-10-13)20-14-8-12(3)18-19(14)4/h7-8,10,16H,5-6,9H2,1-4H3.